The third kappa shape index (κ3) is 3.94. The predicted octanol–water partition coefficient (Wildman–Crippen LogP) is 3.96. The lowest BCUT2D eigenvalue weighted by Crippen LogP contribution is -2.23. The molecule has 4 heteroatoms. The molecule has 0 bridgehead atoms. The van der Waals surface area contributed by atoms with Crippen LogP contribution in [0.15, 0.2) is 48.5 Å². The van der Waals surface area contributed by atoms with Gasteiger partial charge in [0.05, 0.1) is 5.56 Å². The van der Waals surface area contributed by atoms with Crippen molar-refractivity contribution in [3.63, 3.8) is 0 Å². The maximum Gasteiger partial charge on any atom is 0.252 e. The van der Waals surface area contributed by atoms with Crippen molar-refractivity contribution in [2.45, 2.75) is 12.4 Å². The number of rotatable bonds is 4. The van der Waals surface area contributed by atoms with Gasteiger partial charge in [0.15, 0.2) is 0 Å². The van der Waals surface area contributed by atoms with Crippen molar-refractivity contribution in [2.24, 2.45) is 0 Å². The fourth-order valence-electron chi connectivity index (χ4n) is 1.75. The molecule has 2 aromatic rings. The summed E-state index contributed by atoms with van der Waals surface area (Å²) in [6, 6.07) is 15.4. The second-order valence-electron chi connectivity index (χ2n) is 4.12. The summed E-state index contributed by atoms with van der Waals surface area (Å²) in [6.07, 6.45) is 0. The normalized spacial score (nSPS) is 10.2. The van der Waals surface area contributed by atoms with Crippen molar-refractivity contribution < 1.29 is 4.79 Å². The number of carbonyl (C=O) groups excluding carboxylic acids is 1. The van der Waals surface area contributed by atoms with Gasteiger partial charge in [-0.2, -0.15) is 0 Å². The second kappa shape index (κ2) is 6.91. The molecule has 98 valence electrons. The zero-order valence-electron chi connectivity index (χ0n) is 10.2. The van der Waals surface area contributed by atoms with E-state index in [9.17, 15) is 4.79 Å². The number of carbonyl (C=O) groups is 1. The van der Waals surface area contributed by atoms with E-state index >= 15 is 0 Å². The zero-order chi connectivity index (χ0) is 13.7. The minimum atomic E-state index is -0.0544. The summed E-state index contributed by atoms with van der Waals surface area (Å²) in [5, 5.41) is 2.92. The van der Waals surface area contributed by atoms with Gasteiger partial charge in [0.25, 0.3) is 5.91 Å². The molecule has 0 aliphatic heterocycles. The Morgan fingerprint density at radius 1 is 1.11 bits per heavy atom. The summed E-state index contributed by atoms with van der Waals surface area (Å²) >= 11 is 7.95. The predicted molar refractivity (Wildman–Crippen MR) is 86.3 cm³/mol. The quantitative estimate of drug-likeness (QED) is 0.626. The highest BCUT2D eigenvalue weighted by Crippen LogP contribution is 2.12. The number of hydrogen-bond donors (Lipinski definition) is 1. The molecule has 0 aliphatic carbocycles. The lowest BCUT2D eigenvalue weighted by molar-refractivity contribution is 0.0950. The van der Waals surface area contributed by atoms with Crippen LogP contribution in [-0.2, 0) is 12.4 Å². The van der Waals surface area contributed by atoms with Crippen LogP contribution in [0.3, 0.4) is 0 Å². The van der Waals surface area contributed by atoms with Crippen LogP contribution in [-0.4, -0.2) is 5.91 Å². The van der Waals surface area contributed by atoms with Crippen molar-refractivity contribution in [3.8, 4) is 0 Å². The van der Waals surface area contributed by atoms with Crippen LogP contribution in [0.5, 0.6) is 0 Å². The van der Waals surface area contributed by atoms with E-state index in [-0.39, 0.29) is 5.91 Å². The van der Waals surface area contributed by atoms with Gasteiger partial charge >= 0.3 is 0 Å². The molecule has 19 heavy (non-hydrogen) atoms. The molecule has 0 saturated carbocycles. The number of nitrogens with one attached hydrogen (secondary N) is 1. The summed E-state index contributed by atoms with van der Waals surface area (Å²) in [7, 11) is 0. The fraction of sp³-hybridized carbons (Fsp3) is 0.133. The molecule has 1 amide bonds. The Hall–Kier alpha value is -1.07. The van der Waals surface area contributed by atoms with Crippen LogP contribution in [0.25, 0.3) is 0 Å². The number of alkyl halides is 1. The molecule has 2 rings (SSSR count). The Morgan fingerprint density at radius 2 is 1.84 bits per heavy atom. The molecule has 0 fully saturated rings. The Balaban J connectivity index is 2.02. The maximum atomic E-state index is 12.1. The van der Waals surface area contributed by atoms with Gasteiger partial charge in [0.1, 0.15) is 0 Å². The van der Waals surface area contributed by atoms with Gasteiger partial charge in [-0.05, 0) is 45.9 Å². The largest absolute Gasteiger partial charge is 0.348 e. The molecule has 0 radical (unpaired) electrons. The minimum absolute atomic E-state index is 0.0544. The fourth-order valence-corrected chi connectivity index (χ4v) is 2.54. The number of halogens is 2. The van der Waals surface area contributed by atoms with Gasteiger partial charge in [0.2, 0.25) is 0 Å². The van der Waals surface area contributed by atoms with Crippen molar-refractivity contribution >= 4 is 40.1 Å². The van der Waals surface area contributed by atoms with E-state index in [0.717, 1.165) is 14.7 Å². The van der Waals surface area contributed by atoms with E-state index in [0.29, 0.717) is 18.0 Å². The summed E-state index contributed by atoms with van der Waals surface area (Å²) in [5.41, 5.74) is 2.82. The number of amides is 1. The van der Waals surface area contributed by atoms with Crippen LogP contribution in [0.4, 0.5) is 0 Å². The lowest BCUT2D eigenvalue weighted by Gasteiger charge is -2.07. The Bertz CT molecular complexity index is 586. The molecule has 2 nitrogen and oxygen atoms in total. The molecule has 0 spiro atoms. The van der Waals surface area contributed by atoms with Gasteiger partial charge in [-0.1, -0.05) is 36.4 Å². The molecular formula is C15H13ClINO. The highest BCUT2D eigenvalue weighted by atomic mass is 127. The third-order valence-electron chi connectivity index (χ3n) is 2.72. The monoisotopic (exact) mass is 385 g/mol. The van der Waals surface area contributed by atoms with Gasteiger partial charge in [-0.3, -0.25) is 4.79 Å². The third-order valence-corrected chi connectivity index (χ3v) is 3.97. The molecule has 0 atom stereocenters. The molecule has 0 unspecified atom stereocenters. The van der Waals surface area contributed by atoms with Crippen molar-refractivity contribution in [1.29, 1.82) is 0 Å². The average molecular weight is 386 g/mol. The Morgan fingerprint density at radius 3 is 2.58 bits per heavy atom. The van der Waals surface area contributed by atoms with Crippen LogP contribution in [0, 0.1) is 3.57 Å². The Kier molecular flexibility index (Phi) is 5.22. The van der Waals surface area contributed by atoms with E-state index in [1.165, 1.54) is 0 Å². The molecule has 0 aliphatic rings. The summed E-state index contributed by atoms with van der Waals surface area (Å²) in [5.74, 6) is 0.430. The standard InChI is InChI=1S/C15H13ClINO/c16-9-11-4-3-5-12(8-11)10-18-15(19)13-6-1-2-7-14(13)17/h1-8H,9-10H2,(H,18,19). The van der Waals surface area contributed by atoms with Crippen molar-refractivity contribution in [3.05, 3.63) is 68.8 Å². The first-order chi connectivity index (χ1) is 9.20. The van der Waals surface area contributed by atoms with Gasteiger partial charge < -0.3 is 5.32 Å². The van der Waals surface area contributed by atoms with Crippen molar-refractivity contribution in [1.82, 2.24) is 5.32 Å². The van der Waals surface area contributed by atoms with E-state index in [1.807, 2.05) is 48.5 Å². The van der Waals surface area contributed by atoms with Crippen LogP contribution in [0.2, 0.25) is 0 Å². The maximum absolute atomic E-state index is 12.1. The highest BCUT2D eigenvalue weighted by molar-refractivity contribution is 14.1. The van der Waals surface area contributed by atoms with Crippen LogP contribution >= 0.6 is 34.2 Å². The first-order valence-corrected chi connectivity index (χ1v) is 7.48. The summed E-state index contributed by atoms with van der Waals surface area (Å²) in [4.78, 5) is 12.1. The molecule has 0 heterocycles. The van der Waals surface area contributed by atoms with E-state index in [2.05, 4.69) is 27.9 Å². The Labute approximate surface area is 131 Å². The number of benzene rings is 2. The molecule has 1 N–H and O–H groups in total. The van der Waals surface area contributed by atoms with Gasteiger partial charge in [-0.25, -0.2) is 0 Å². The van der Waals surface area contributed by atoms with Gasteiger partial charge in [0, 0.05) is 16.0 Å². The molecule has 2 aromatic carbocycles. The number of hydrogen-bond acceptors (Lipinski definition) is 1. The van der Waals surface area contributed by atoms with Crippen LogP contribution in [0.1, 0.15) is 21.5 Å². The topological polar surface area (TPSA) is 29.1 Å². The summed E-state index contributed by atoms with van der Waals surface area (Å²) in [6.45, 7) is 0.508. The first kappa shape index (κ1) is 14.3. The van der Waals surface area contributed by atoms with E-state index in [4.69, 9.17) is 11.6 Å². The SMILES string of the molecule is O=C(NCc1cccc(CCl)c1)c1ccccc1I. The summed E-state index contributed by atoms with van der Waals surface area (Å²) < 4.78 is 0.951. The average Bonchev–Trinajstić information content (AvgIpc) is 2.45. The van der Waals surface area contributed by atoms with Gasteiger partial charge in [-0.15, -0.1) is 11.6 Å². The molecule has 0 saturated heterocycles. The molecule has 0 aromatic heterocycles. The molecular weight excluding hydrogens is 373 g/mol. The zero-order valence-corrected chi connectivity index (χ0v) is 13.1. The lowest BCUT2D eigenvalue weighted by atomic mass is 10.1. The van der Waals surface area contributed by atoms with Crippen molar-refractivity contribution in [2.75, 3.05) is 0 Å². The van der Waals surface area contributed by atoms with Crippen LogP contribution < -0.4 is 5.32 Å². The highest BCUT2D eigenvalue weighted by Gasteiger charge is 2.08. The van der Waals surface area contributed by atoms with E-state index in [1.54, 1.807) is 0 Å². The second-order valence-corrected chi connectivity index (χ2v) is 5.55. The minimum Gasteiger partial charge on any atom is -0.348 e. The smallest absolute Gasteiger partial charge is 0.252 e. The van der Waals surface area contributed by atoms with E-state index < -0.39 is 0 Å². The first-order valence-electron chi connectivity index (χ1n) is 5.87.